The lowest BCUT2D eigenvalue weighted by atomic mass is 10.0. The lowest BCUT2D eigenvalue weighted by Crippen LogP contribution is -2.17. The summed E-state index contributed by atoms with van der Waals surface area (Å²) >= 11 is 0. The zero-order chi connectivity index (χ0) is 21.3. The Balaban J connectivity index is 1.59. The molecule has 0 aromatic heterocycles. The predicted molar refractivity (Wildman–Crippen MR) is 113 cm³/mol. The molecule has 1 unspecified atom stereocenters. The van der Waals surface area contributed by atoms with Gasteiger partial charge in [0, 0.05) is 0 Å². The minimum atomic E-state index is -0.458. The Morgan fingerprint density at radius 1 is 0.933 bits per heavy atom. The Labute approximate surface area is 176 Å². The third kappa shape index (κ3) is 6.08. The highest BCUT2D eigenvalue weighted by atomic mass is 19.1. The van der Waals surface area contributed by atoms with E-state index in [-0.39, 0.29) is 24.2 Å². The number of benzene rings is 3. The van der Waals surface area contributed by atoms with E-state index in [9.17, 15) is 9.18 Å². The summed E-state index contributed by atoms with van der Waals surface area (Å²) in [6, 6.07) is 21.7. The van der Waals surface area contributed by atoms with Crippen LogP contribution in [0, 0.1) is 11.7 Å². The number of hydrogen-bond donors (Lipinski definition) is 0. The van der Waals surface area contributed by atoms with Crippen LogP contribution in [0.25, 0.3) is 0 Å². The lowest BCUT2D eigenvalue weighted by Gasteiger charge is -2.12. The van der Waals surface area contributed by atoms with Crippen molar-refractivity contribution < 1.29 is 23.4 Å². The Bertz CT molecular complexity index is 972. The number of para-hydroxylation sites is 1. The fourth-order valence-corrected chi connectivity index (χ4v) is 2.99. The van der Waals surface area contributed by atoms with Crippen molar-refractivity contribution in [1.82, 2.24) is 0 Å². The van der Waals surface area contributed by atoms with Crippen LogP contribution in [-0.4, -0.2) is 12.6 Å². The van der Waals surface area contributed by atoms with Crippen molar-refractivity contribution >= 4 is 5.97 Å². The summed E-state index contributed by atoms with van der Waals surface area (Å²) in [5.74, 6) is 0.525. The first-order chi connectivity index (χ1) is 14.5. The maximum Gasteiger partial charge on any atom is 0.308 e. The average molecular weight is 408 g/mol. The van der Waals surface area contributed by atoms with Gasteiger partial charge in [0.25, 0.3) is 0 Å². The second kappa shape index (κ2) is 10.4. The molecule has 0 bridgehead atoms. The minimum absolute atomic E-state index is 0.164. The van der Waals surface area contributed by atoms with E-state index in [2.05, 4.69) is 0 Å². The summed E-state index contributed by atoms with van der Waals surface area (Å²) < 4.78 is 30.9. The molecule has 0 radical (unpaired) electrons. The van der Waals surface area contributed by atoms with Gasteiger partial charge < -0.3 is 14.2 Å². The summed E-state index contributed by atoms with van der Waals surface area (Å²) in [5, 5.41) is 0. The van der Waals surface area contributed by atoms with E-state index >= 15 is 0 Å². The monoisotopic (exact) mass is 408 g/mol. The number of rotatable bonds is 9. The van der Waals surface area contributed by atoms with Crippen molar-refractivity contribution in [3.05, 3.63) is 89.7 Å². The van der Waals surface area contributed by atoms with Gasteiger partial charge in [-0.2, -0.15) is 0 Å². The largest absolute Gasteiger partial charge is 0.486 e. The van der Waals surface area contributed by atoms with Crippen molar-refractivity contribution in [2.45, 2.75) is 26.9 Å². The Morgan fingerprint density at radius 3 is 2.43 bits per heavy atom. The summed E-state index contributed by atoms with van der Waals surface area (Å²) in [4.78, 5) is 11.8. The van der Waals surface area contributed by atoms with Crippen LogP contribution in [0.3, 0.4) is 0 Å². The molecule has 0 fully saturated rings. The maximum absolute atomic E-state index is 14.5. The van der Waals surface area contributed by atoms with E-state index < -0.39 is 5.82 Å². The molecule has 0 heterocycles. The molecule has 3 aromatic rings. The van der Waals surface area contributed by atoms with Crippen LogP contribution in [0.2, 0.25) is 0 Å². The highest BCUT2D eigenvalue weighted by Crippen LogP contribution is 2.24. The Kier molecular flexibility index (Phi) is 7.44. The van der Waals surface area contributed by atoms with Crippen LogP contribution >= 0.6 is 0 Å². The van der Waals surface area contributed by atoms with Gasteiger partial charge in [-0.05, 0) is 60.9 Å². The first kappa shape index (κ1) is 21.4. The fourth-order valence-electron chi connectivity index (χ4n) is 2.99. The highest BCUT2D eigenvalue weighted by molar-refractivity contribution is 5.72. The van der Waals surface area contributed by atoms with Gasteiger partial charge in [0.15, 0.2) is 11.6 Å². The molecule has 0 N–H and O–H groups in total. The number of hydrogen-bond acceptors (Lipinski definition) is 4. The highest BCUT2D eigenvalue weighted by Gasteiger charge is 2.16. The van der Waals surface area contributed by atoms with Crippen molar-refractivity contribution in [2.24, 2.45) is 5.92 Å². The molecule has 30 heavy (non-hydrogen) atoms. The van der Waals surface area contributed by atoms with Gasteiger partial charge in [0.05, 0.1) is 12.5 Å². The molecule has 0 aliphatic carbocycles. The second-order valence-electron chi connectivity index (χ2n) is 6.97. The van der Waals surface area contributed by atoms with Crippen LogP contribution in [0.4, 0.5) is 4.39 Å². The lowest BCUT2D eigenvalue weighted by molar-refractivity contribution is -0.147. The average Bonchev–Trinajstić information content (AvgIpc) is 2.74. The molecule has 3 rings (SSSR count). The van der Waals surface area contributed by atoms with Crippen LogP contribution in [0.15, 0.2) is 72.8 Å². The van der Waals surface area contributed by atoms with Gasteiger partial charge in [0.2, 0.25) is 0 Å². The van der Waals surface area contributed by atoms with Crippen LogP contribution < -0.4 is 9.47 Å². The van der Waals surface area contributed by atoms with E-state index in [0.717, 1.165) is 16.9 Å². The first-order valence-corrected chi connectivity index (χ1v) is 9.95. The molecule has 0 saturated carbocycles. The molecule has 0 amide bonds. The summed E-state index contributed by atoms with van der Waals surface area (Å²) in [5.41, 5.74) is 1.58. The van der Waals surface area contributed by atoms with E-state index in [0.29, 0.717) is 18.8 Å². The van der Waals surface area contributed by atoms with Crippen molar-refractivity contribution in [2.75, 3.05) is 6.61 Å². The molecule has 4 nitrogen and oxygen atoms in total. The smallest absolute Gasteiger partial charge is 0.308 e. The predicted octanol–water partition coefficient (Wildman–Crippen LogP) is 5.94. The van der Waals surface area contributed by atoms with Crippen molar-refractivity contribution in [3.8, 4) is 17.2 Å². The topological polar surface area (TPSA) is 44.8 Å². The van der Waals surface area contributed by atoms with Crippen LogP contribution in [-0.2, 0) is 22.6 Å². The van der Waals surface area contributed by atoms with E-state index in [1.807, 2.05) is 54.6 Å². The molecular formula is C25H25FO4. The van der Waals surface area contributed by atoms with Gasteiger partial charge in [-0.3, -0.25) is 4.79 Å². The Morgan fingerprint density at radius 2 is 1.70 bits per heavy atom. The second-order valence-corrected chi connectivity index (χ2v) is 6.97. The van der Waals surface area contributed by atoms with Gasteiger partial charge in [-0.1, -0.05) is 43.3 Å². The molecule has 5 heteroatoms. The van der Waals surface area contributed by atoms with Crippen LogP contribution in [0.5, 0.6) is 17.2 Å². The SMILES string of the molecule is CCOC(=O)C(C)Cc1ccc(OCc2cccc(Oc3ccccc3)c2)c(F)c1. The van der Waals surface area contributed by atoms with Gasteiger partial charge >= 0.3 is 5.97 Å². The van der Waals surface area contributed by atoms with E-state index in [1.54, 1.807) is 26.0 Å². The number of ether oxygens (including phenoxy) is 3. The molecule has 0 spiro atoms. The Hall–Kier alpha value is -3.34. The van der Waals surface area contributed by atoms with E-state index in [1.165, 1.54) is 6.07 Å². The number of esters is 1. The molecule has 0 aliphatic rings. The fraction of sp³-hybridized carbons (Fsp3) is 0.240. The van der Waals surface area contributed by atoms with E-state index in [4.69, 9.17) is 14.2 Å². The zero-order valence-corrected chi connectivity index (χ0v) is 17.1. The standard InChI is InChI=1S/C25H25FO4/c1-3-28-25(27)18(2)14-19-12-13-24(23(26)16-19)29-17-20-8-7-11-22(15-20)30-21-9-5-4-6-10-21/h4-13,15-16,18H,3,14,17H2,1-2H3. The van der Waals surface area contributed by atoms with Gasteiger partial charge in [-0.15, -0.1) is 0 Å². The minimum Gasteiger partial charge on any atom is -0.486 e. The summed E-state index contributed by atoms with van der Waals surface area (Å²) in [6.45, 7) is 4.08. The molecular weight excluding hydrogens is 383 g/mol. The molecule has 156 valence electrons. The normalized spacial score (nSPS) is 11.6. The number of carbonyl (C=O) groups is 1. The quantitative estimate of drug-likeness (QED) is 0.411. The van der Waals surface area contributed by atoms with Crippen molar-refractivity contribution in [3.63, 3.8) is 0 Å². The maximum atomic E-state index is 14.5. The third-order valence-electron chi connectivity index (χ3n) is 4.50. The molecule has 1 atom stereocenters. The zero-order valence-electron chi connectivity index (χ0n) is 17.1. The van der Waals surface area contributed by atoms with Crippen LogP contribution in [0.1, 0.15) is 25.0 Å². The third-order valence-corrected chi connectivity index (χ3v) is 4.50. The summed E-state index contributed by atoms with van der Waals surface area (Å²) in [6.07, 6.45) is 0.412. The molecule has 0 saturated heterocycles. The number of halogens is 1. The first-order valence-electron chi connectivity index (χ1n) is 9.95. The van der Waals surface area contributed by atoms with Gasteiger partial charge in [-0.25, -0.2) is 4.39 Å². The van der Waals surface area contributed by atoms with Gasteiger partial charge in [0.1, 0.15) is 18.1 Å². The van der Waals surface area contributed by atoms with Crippen molar-refractivity contribution in [1.29, 1.82) is 0 Å². The molecule has 0 aliphatic heterocycles. The molecule has 3 aromatic carbocycles. The summed E-state index contributed by atoms with van der Waals surface area (Å²) in [7, 11) is 0. The number of carbonyl (C=O) groups excluding carboxylic acids is 1.